The van der Waals surface area contributed by atoms with Crippen LogP contribution in [0.2, 0.25) is 0 Å². The number of fused-ring (bicyclic) bond motifs is 1. The number of aliphatic hydroxyl groups excluding tert-OH is 1. The Kier molecular flexibility index (Phi) is 7.71. The van der Waals surface area contributed by atoms with Crippen LogP contribution in [0.15, 0.2) is 53.7 Å². The van der Waals surface area contributed by atoms with Crippen LogP contribution in [-0.4, -0.2) is 63.7 Å². The molecule has 11 nitrogen and oxygen atoms in total. The van der Waals surface area contributed by atoms with Gasteiger partial charge in [0.1, 0.15) is 40.0 Å². The predicted octanol–water partition coefficient (Wildman–Crippen LogP) is 3.18. The molecule has 0 saturated carbocycles. The molecule has 0 radical (unpaired) electrons. The first-order valence-corrected chi connectivity index (χ1v) is 13.8. The molecule has 1 atom stereocenters. The molecule has 0 unspecified atom stereocenters. The molecule has 0 saturated heterocycles. The highest BCUT2D eigenvalue weighted by Crippen LogP contribution is 2.34. The lowest BCUT2D eigenvalue weighted by atomic mass is 10.1. The maximum atomic E-state index is 13.4. The number of para-hydroxylation sites is 1. The summed E-state index contributed by atoms with van der Waals surface area (Å²) in [5.41, 5.74) is 2.50. The van der Waals surface area contributed by atoms with Gasteiger partial charge in [0.15, 0.2) is 9.84 Å². The number of carbonyl (C=O) groups is 1. The summed E-state index contributed by atoms with van der Waals surface area (Å²) in [6.45, 7) is 6.34. The minimum absolute atomic E-state index is 0.0327. The molecule has 0 aliphatic rings. The Morgan fingerprint density at radius 3 is 2.56 bits per heavy atom. The molecule has 4 aromatic rings. The van der Waals surface area contributed by atoms with Gasteiger partial charge < -0.3 is 19.9 Å². The van der Waals surface area contributed by atoms with Crippen molar-refractivity contribution in [3.05, 3.63) is 60.0 Å². The van der Waals surface area contributed by atoms with Crippen LogP contribution in [0, 0.1) is 0 Å². The fourth-order valence-corrected chi connectivity index (χ4v) is 5.44. The Hall–Kier alpha value is -3.90. The number of pyridine rings is 1. The topological polar surface area (TPSA) is 137 Å². The van der Waals surface area contributed by atoms with Crippen LogP contribution in [0.25, 0.3) is 17.0 Å². The fourth-order valence-electron chi connectivity index (χ4n) is 4.15. The third-order valence-corrected chi connectivity index (χ3v) is 8.85. The largest absolute Gasteiger partial charge is 0.496 e. The highest BCUT2D eigenvalue weighted by Gasteiger charge is 2.34. The molecule has 0 fully saturated rings. The fraction of sp³-hybridized carbons (Fsp3) is 0.370. The number of ether oxygens (including phenoxy) is 2. The van der Waals surface area contributed by atoms with E-state index < -0.39 is 14.6 Å². The Balaban J connectivity index is 1.72. The van der Waals surface area contributed by atoms with Gasteiger partial charge in [0.25, 0.3) is 5.91 Å². The minimum atomic E-state index is -3.82. The van der Waals surface area contributed by atoms with Gasteiger partial charge in [-0.3, -0.25) is 13.9 Å². The van der Waals surface area contributed by atoms with Crippen molar-refractivity contribution in [3.63, 3.8) is 0 Å². The quantitative estimate of drug-likeness (QED) is 0.321. The number of methoxy groups -OCH3 is 1. The molecular formula is C27H33N5O6S. The van der Waals surface area contributed by atoms with E-state index in [-0.39, 0.29) is 35.8 Å². The molecule has 4 rings (SSSR count). The first-order chi connectivity index (χ1) is 18.4. The number of amides is 1. The normalized spacial score (nSPS) is 12.9. The third kappa shape index (κ3) is 5.34. The van der Waals surface area contributed by atoms with E-state index in [0.717, 1.165) is 5.56 Å². The lowest BCUT2D eigenvalue weighted by molar-refractivity contribution is 0.0930. The number of sulfone groups is 1. The monoisotopic (exact) mass is 555 g/mol. The average molecular weight is 556 g/mol. The third-order valence-electron chi connectivity index (χ3n) is 6.35. The van der Waals surface area contributed by atoms with Gasteiger partial charge in [0, 0.05) is 24.9 Å². The first kappa shape index (κ1) is 28.1. The molecule has 2 N–H and O–H groups in total. The van der Waals surface area contributed by atoms with Crippen LogP contribution in [-0.2, 0) is 16.9 Å². The maximum Gasteiger partial charge on any atom is 0.270 e. The molecule has 208 valence electrons. The number of aromatic nitrogens is 4. The smallest absolute Gasteiger partial charge is 0.270 e. The van der Waals surface area contributed by atoms with Gasteiger partial charge in [-0.1, -0.05) is 18.2 Å². The summed E-state index contributed by atoms with van der Waals surface area (Å²) in [5, 5.41) is 16.7. The number of nitrogens with one attached hydrogen (secondary N) is 1. The zero-order valence-electron chi connectivity index (χ0n) is 22.8. The van der Waals surface area contributed by atoms with Crippen LogP contribution in [0.1, 0.15) is 49.8 Å². The van der Waals surface area contributed by atoms with Crippen molar-refractivity contribution in [2.24, 2.45) is 7.05 Å². The van der Waals surface area contributed by atoms with Crippen molar-refractivity contribution < 1.29 is 27.8 Å². The van der Waals surface area contributed by atoms with Gasteiger partial charge in [0.2, 0.25) is 0 Å². The van der Waals surface area contributed by atoms with E-state index in [1.807, 2.05) is 31.2 Å². The van der Waals surface area contributed by atoms with Gasteiger partial charge in [-0.25, -0.2) is 13.4 Å². The number of nitrogens with zero attached hydrogens (tertiary/aromatic N) is 4. The molecule has 3 aromatic heterocycles. The van der Waals surface area contributed by atoms with Crippen LogP contribution >= 0.6 is 0 Å². The van der Waals surface area contributed by atoms with E-state index in [4.69, 9.17) is 9.47 Å². The highest BCUT2D eigenvalue weighted by molar-refractivity contribution is 7.92. The number of hydrogen-bond acceptors (Lipinski definition) is 8. The van der Waals surface area contributed by atoms with E-state index in [0.29, 0.717) is 28.5 Å². The van der Waals surface area contributed by atoms with Crippen molar-refractivity contribution in [2.45, 2.75) is 43.4 Å². The molecule has 0 spiro atoms. The van der Waals surface area contributed by atoms with E-state index in [2.05, 4.69) is 15.4 Å². The summed E-state index contributed by atoms with van der Waals surface area (Å²) in [6, 6.07) is 10.3. The minimum Gasteiger partial charge on any atom is -0.496 e. The zero-order chi connectivity index (χ0) is 28.5. The van der Waals surface area contributed by atoms with Crippen molar-refractivity contribution in [1.29, 1.82) is 0 Å². The molecule has 0 bridgehead atoms. The molecule has 1 aromatic carbocycles. The van der Waals surface area contributed by atoms with Gasteiger partial charge in [-0.2, -0.15) is 5.10 Å². The molecular weight excluding hydrogens is 522 g/mol. The van der Waals surface area contributed by atoms with Crippen molar-refractivity contribution in [1.82, 2.24) is 24.5 Å². The van der Waals surface area contributed by atoms with Crippen molar-refractivity contribution in [2.75, 3.05) is 20.3 Å². The summed E-state index contributed by atoms with van der Waals surface area (Å²) in [4.78, 5) is 17.6. The van der Waals surface area contributed by atoms with Crippen molar-refractivity contribution >= 4 is 21.4 Å². The lowest BCUT2D eigenvalue weighted by Crippen LogP contribution is -2.28. The zero-order valence-corrected chi connectivity index (χ0v) is 23.6. The molecule has 39 heavy (non-hydrogen) atoms. The van der Waals surface area contributed by atoms with Gasteiger partial charge in [0.05, 0.1) is 36.4 Å². The number of imidazole rings is 1. The van der Waals surface area contributed by atoms with Crippen LogP contribution in [0.5, 0.6) is 11.5 Å². The van der Waals surface area contributed by atoms with Crippen LogP contribution in [0.4, 0.5) is 0 Å². The summed E-state index contributed by atoms with van der Waals surface area (Å²) >= 11 is 0. The van der Waals surface area contributed by atoms with Crippen molar-refractivity contribution in [3.8, 4) is 22.9 Å². The van der Waals surface area contributed by atoms with E-state index in [1.165, 1.54) is 16.9 Å². The lowest BCUT2D eigenvalue weighted by Gasteiger charge is -2.21. The number of hydrogen-bond donors (Lipinski definition) is 2. The molecule has 0 aliphatic carbocycles. The van der Waals surface area contributed by atoms with Gasteiger partial charge in [-0.15, -0.1) is 0 Å². The number of rotatable bonds is 9. The van der Waals surface area contributed by atoms with E-state index in [9.17, 15) is 18.3 Å². The summed E-state index contributed by atoms with van der Waals surface area (Å²) in [5.74, 6) is 0.444. The molecule has 1 amide bonds. The SMILES string of the molecule is COc1ccccc1[C@@H](C)NC(=O)c1cc(-c2cnc3cc(OCCO)c(S(=O)(=O)C(C)(C)C)cn23)nn1C. The standard InChI is InChI=1S/C27H33N5O6S/c1-17(18-9-7-8-10-22(18)37-6)29-26(34)20-13-19(30-31(20)5)21-15-28-25-14-23(38-12-11-33)24(16-32(21)25)39(35,36)27(2,3)4/h7-10,13-17,33H,11-12H2,1-6H3,(H,29,34)/t17-/m1/s1. The first-order valence-electron chi connectivity index (χ1n) is 12.4. The van der Waals surface area contributed by atoms with Crippen LogP contribution < -0.4 is 14.8 Å². The Morgan fingerprint density at radius 2 is 1.90 bits per heavy atom. The maximum absolute atomic E-state index is 13.4. The summed E-state index contributed by atoms with van der Waals surface area (Å²) in [6.07, 6.45) is 3.00. The molecule has 0 aliphatic heterocycles. The van der Waals surface area contributed by atoms with Gasteiger partial charge in [-0.05, 0) is 39.8 Å². The number of aryl methyl sites for hydroxylation is 1. The molecule has 3 heterocycles. The number of carbonyl (C=O) groups excluding carboxylic acids is 1. The molecule has 12 heteroatoms. The summed E-state index contributed by atoms with van der Waals surface area (Å²) < 4.78 is 39.8. The Bertz CT molecular complexity index is 1620. The van der Waals surface area contributed by atoms with E-state index >= 15 is 0 Å². The predicted molar refractivity (Wildman–Crippen MR) is 146 cm³/mol. The second-order valence-electron chi connectivity index (χ2n) is 10.0. The second kappa shape index (κ2) is 10.7. The number of benzene rings is 1. The second-order valence-corrected chi connectivity index (χ2v) is 12.7. The van der Waals surface area contributed by atoms with Gasteiger partial charge >= 0.3 is 0 Å². The highest BCUT2D eigenvalue weighted by atomic mass is 32.2. The average Bonchev–Trinajstić information content (AvgIpc) is 3.48. The van der Waals surface area contributed by atoms with Crippen LogP contribution in [0.3, 0.4) is 0 Å². The number of aliphatic hydroxyl groups is 1. The van der Waals surface area contributed by atoms with E-state index in [1.54, 1.807) is 51.6 Å². The Labute approximate surface area is 227 Å². The summed E-state index contributed by atoms with van der Waals surface area (Å²) in [7, 11) is -0.585. The Morgan fingerprint density at radius 1 is 1.18 bits per heavy atom.